The van der Waals surface area contributed by atoms with Crippen LogP contribution in [0.1, 0.15) is 26.3 Å². The van der Waals surface area contributed by atoms with Crippen LogP contribution in [-0.4, -0.2) is 36.6 Å². The molecule has 0 spiro atoms. The van der Waals surface area contributed by atoms with Crippen LogP contribution in [-0.2, 0) is 13.6 Å². The molecule has 0 unspecified atom stereocenters. The van der Waals surface area contributed by atoms with E-state index >= 15 is 0 Å². The Bertz CT molecular complexity index is 617. The first kappa shape index (κ1) is 17.9. The van der Waals surface area contributed by atoms with Gasteiger partial charge in [-0.05, 0) is 26.3 Å². The Kier molecular flexibility index (Phi) is 5.40. The zero-order valence-corrected chi connectivity index (χ0v) is 15.1. The Morgan fingerprint density at radius 2 is 1.78 bits per heavy atom. The van der Waals surface area contributed by atoms with Gasteiger partial charge < -0.3 is 9.05 Å². The molecule has 0 saturated carbocycles. The molecule has 0 N–H and O–H groups in total. The van der Waals surface area contributed by atoms with Gasteiger partial charge in [0.2, 0.25) is 0 Å². The van der Waals surface area contributed by atoms with Crippen molar-refractivity contribution in [1.29, 1.82) is 0 Å². The number of benzene rings is 1. The molecule has 1 heterocycles. The van der Waals surface area contributed by atoms with Gasteiger partial charge in [0.05, 0.1) is 5.54 Å². The molecule has 2 rings (SSSR count). The summed E-state index contributed by atoms with van der Waals surface area (Å²) in [6.07, 6.45) is 3.93. The maximum atomic E-state index is 12.8. The van der Waals surface area contributed by atoms with Gasteiger partial charge in [-0.25, -0.2) is 0 Å². The Hall–Kier alpha value is -1.49. The van der Waals surface area contributed by atoms with Crippen molar-refractivity contribution < 1.29 is 13.6 Å². The lowest BCUT2D eigenvalue weighted by Gasteiger charge is -2.35. The average molecular weight is 337 g/mol. The Morgan fingerprint density at radius 1 is 1.17 bits per heavy atom. The summed E-state index contributed by atoms with van der Waals surface area (Å²) >= 11 is 0. The van der Waals surface area contributed by atoms with E-state index < -0.39 is 13.4 Å². The van der Waals surface area contributed by atoms with Crippen LogP contribution in [0.25, 0.3) is 6.08 Å². The van der Waals surface area contributed by atoms with Crippen LogP contribution in [0.3, 0.4) is 0 Å². The summed E-state index contributed by atoms with van der Waals surface area (Å²) in [6, 6.07) is 9.60. The standard InChI is InChI=1S/C16H24N3O3P/c1-16(2,3)19-14(12-11-13-9-7-6-8-10-13)15(17-18-19)23(20,21-4)22-5/h6-12,14-15H,1-5H3/b12-11+/t14-,15-/m1/s1. The van der Waals surface area contributed by atoms with Crippen molar-refractivity contribution in [3.8, 4) is 0 Å². The molecule has 1 aromatic rings. The normalized spacial score (nSPS) is 22.2. The van der Waals surface area contributed by atoms with Crippen LogP contribution in [0, 0.1) is 0 Å². The summed E-state index contributed by atoms with van der Waals surface area (Å²) in [7, 11) is -0.621. The van der Waals surface area contributed by atoms with Crippen LogP contribution in [0.5, 0.6) is 0 Å². The highest BCUT2D eigenvalue weighted by Gasteiger charge is 2.48. The van der Waals surface area contributed by atoms with Crippen molar-refractivity contribution >= 4 is 13.7 Å². The molecule has 0 bridgehead atoms. The summed E-state index contributed by atoms with van der Waals surface area (Å²) < 4.78 is 23.1. The van der Waals surface area contributed by atoms with Crippen LogP contribution >= 0.6 is 7.60 Å². The molecule has 0 aliphatic carbocycles. The Morgan fingerprint density at radius 3 is 2.30 bits per heavy atom. The van der Waals surface area contributed by atoms with Crippen molar-refractivity contribution in [3.05, 3.63) is 42.0 Å². The lowest BCUT2D eigenvalue weighted by Crippen LogP contribution is -2.44. The van der Waals surface area contributed by atoms with E-state index in [1.165, 1.54) is 14.2 Å². The van der Waals surface area contributed by atoms with Crippen LogP contribution in [0.2, 0.25) is 0 Å². The highest BCUT2D eigenvalue weighted by molar-refractivity contribution is 7.54. The molecular formula is C16H24N3O3P. The summed E-state index contributed by atoms with van der Waals surface area (Å²) in [5, 5.41) is 10.2. The van der Waals surface area contributed by atoms with E-state index in [1.807, 2.05) is 68.3 Å². The van der Waals surface area contributed by atoms with Gasteiger partial charge in [-0.15, -0.1) is 0 Å². The predicted molar refractivity (Wildman–Crippen MR) is 91.1 cm³/mol. The number of rotatable bonds is 5. The number of nitrogens with zero attached hydrogens (tertiary/aromatic N) is 3. The fourth-order valence-corrected chi connectivity index (χ4v) is 3.79. The van der Waals surface area contributed by atoms with Gasteiger partial charge in [0.1, 0.15) is 6.04 Å². The lowest BCUT2D eigenvalue weighted by molar-refractivity contribution is 0.123. The minimum Gasteiger partial charge on any atom is -0.310 e. The van der Waals surface area contributed by atoms with E-state index in [9.17, 15) is 4.57 Å². The quantitative estimate of drug-likeness (QED) is 0.749. The van der Waals surface area contributed by atoms with E-state index in [-0.39, 0.29) is 11.6 Å². The predicted octanol–water partition coefficient (Wildman–Crippen LogP) is 4.36. The third-order valence-electron chi connectivity index (χ3n) is 3.66. The lowest BCUT2D eigenvalue weighted by atomic mass is 10.0. The largest absolute Gasteiger partial charge is 0.358 e. The van der Waals surface area contributed by atoms with E-state index in [0.717, 1.165) is 5.56 Å². The minimum absolute atomic E-state index is 0.268. The fraction of sp³-hybridized carbons (Fsp3) is 0.500. The molecule has 1 aliphatic rings. The van der Waals surface area contributed by atoms with Gasteiger partial charge >= 0.3 is 7.60 Å². The molecular weight excluding hydrogens is 313 g/mol. The first-order valence-corrected chi connectivity index (χ1v) is 9.07. The third kappa shape index (κ3) is 3.89. The molecule has 0 amide bonds. The van der Waals surface area contributed by atoms with Crippen molar-refractivity contribution in [2.24, 2.45) is 10.3 Å². The SMILES string of the molecule is COP(=O)(OC)[C@H]1N=NN(C(C)(C)C)[C@@H]1/C=C/c1ccccc1. The van der Waals surface area contributed by atoms with Crippen molar-refractivity contribution in [2.75, 3.05) is 14.2 Å². The smallest absolute Gasteiger partial charge is 0.310 e. The Balaban J connectivity index is 2.35. The number of hydrogen-bond donors (Lipinski definition) is 0. The van der Waals surface area contributed by atoms with E-state index in [2.05, 4.69) is 10.3 Å². The molecule has 0 fully saturated rings. The summed E-state index contributed by atoms with van der Waals surface area (Å²) in [5.74, 6) is -0.684. The zero-order chi connectivity index (χ0) is 17.1. The molecule has 23 heavy (non-hydrogen) atoms. The molecule has 2 atom stereocenters. The maximum absolute atomic E-state index is 12.8. The maximum Gasteiger partial charge on any atom is 0.358 e. The van der Waals surface area contributed by atoms with Crippen molar-refractivity contribution in [2.45, 2.75) is 38.1 Å². The Labute approximate surface area is 137 Å². The summed E-state index contributed by atoms with van der Waals surface area (Å²) in [4.78, 5) is 0. The van der Waals surface area contributed by atoms with Gasteiger partial charge in [0.25, 0.3) is 0 Å². The summed E-state index contributed by atoms with van der Waals surface area (Å²) in [5.41, 5.74) is 0.785. The molecule has 1 aromatic carbocycles. The molecule has 0 radical (unpaired) electrons. The second kappa shape index (κ2) is 6.95. The van der Waals surface area contributed by atoms with Crippen LogP contribution < -0.4 is 0 Å². The van der Waals surface area contributed by atoms with E-state index in [4.69, 9.17) is 9.05 Å². The first-order valence-electron chi connectivity index (χ1n) is 7.46. The van der Waals surface area contributed by atoms with Gasteiger partial charge in [-0.3, -0.25) is 9.57 Å². The van der Waals surface area contributed by atoms with Gasteiger partial charge in [0, 0.05) is 14.2 Å². The van der Waals surface area contributed by atoms with E-state index in [0.29, 0.717) is 0 Å². The van der Waals surface area contributed by atoms with Gasteiger partial charge in [0.15, 0.2) is 5.78 Å². The van der Waals surface area contributed by atoms with Gasteiger partial charge in [-0.2, -0.15) is 5.11 Å². The van der Waals surface area contributed by atoms with Crippen LogP contribution in [0.15, 0.2) is 46.7 Å². The molecule has 7 heteroatoms. The topological polar surface area (TPSA) is 63.5 Å². The monoisotopic (exact) mass is 337 g/mol. The van der Waals surface area contributed by atoms with Crippen molar-refractivity contribution in [1.82, 2.24) is 5.01 Å². The molecule has 0 aromatic heterocycles. The van der Waals surface area contributed by atoms with Crippen LogP contribution in [0.4, 0.5) is 0 Å². The third-order valence-corrected chi connectivity index (χ3v) is 5.73. The second-order valence-corrected chi connectivity index (χ2v) is 8.64. The number of hydrogen-bond acceptors (Lipinski definition) is 6. The molecule has 0 saturated heterocycles. The molecule has 1 aliphatic heterocycles. The summed E-state index contributed by atoms with van der Waals surface area (Å²) in [6.45, 7) is 6.09. The van der Waals surface area contributed by atoms with E-state index in [1.54, 1.807) is 0 Å². The minimum atomic E-state index is -3.37. The highest BCUT2D eigenvalue weighted by Crippen LogP contribution is 2.56. The molecule has 126 valence electrons. The highest BCUT2D eigenvalue weighted by atomic mass is 31.2. The van der Waals surface area contributed by atoms with Crippen molar-refractivity contribution in [3.63, 3.8) is 0 Å². The average Bonchev–Trinajstić information content (AvgIpc) is 2.98. The first-order chi connectivity index (χ1) is 10.8. The van der Waals surface area contributed by atoms with Gasteiger partial charge in [-0.1, -0.05) is 47.7 Å². The second-order valence-electron chi connectivity index (χ2n) is 6.30. The fourth-order valence-electron chi connectivity index (χ4n) is 2.44. The molecule has 6 nitrogen and oxygen atoms in total. The zero-order valence-electron chi connectivity index (χ0n) is 14.2.